The van der Waals surface area contributed by atoms with Crippen molar-refractivity contribution in [3.8, 4) is 11.1 Å². The third kappa shape index (κ3) is 3.60. The highest BCUT2D eigenvalue weighted by atomic mass is 32.1. The number of rotatable bonds is 3. The summed E-state index contributed by atoms with van der Waals surface area (Å²) in [4.78, 5) is 27.2. The van der Waals surface area contributed by atoms with E-state index in [9.17, 15) is 4.79 Å². The minimum absolute atomic E-state index is 0.106. The zero-order chi connectivity index (χ0) is 21.4. The molecule has 0 unspecified atom stereocenters. The van der Waals surface area contributed by atoms with Crippen molar-refractivity contribution in [2.45, 2.75) is 19.4 Å². The Kier molecular flexibility index (Phi) is 5.01. The molecule has 0 saturated carbocycles. The lowest BCUT2D eigenvalue weighted by atomic mass is 10.0. The fourth-order valence-electron chi connectivity index (χ4n) is 3.82. The molecule has 1 aliphatic rings. The Morgan fingerprint density at radius 2 is 2.06 bits per heavy atom. The highest BCUT2D eigenvalue weighted by Gasteiger charge is 2.32. The van der Waals surface area contributed by atoms with Crippen molar-refractivity contribution in [1.29, 1.82) is 0 Å². The molecule has 0 radical (unpaired) electrons. The first-order valence-corrected chi connectivity index (χ1v) is 10.9. The minimum Gasteiger partial charge on any atom is -0.382 e. The number of nitrogens with zero attached hydrogens (tertiary/aromatic N) is 3. The maximum Gasteiger partial charge on any atom is 0.346 e. The van der Waals surface area contributed by atoms with E-state index in [4.69, 9.17) is 10.6 Å². The predicted octanol–water partition coefficient (Wildman–Crippen LogP) is 5.16. The minimum atomic E-state index is -0.284. The van der Waals surface area contributed by atoms with Gasteiger partial charge in [-0.25, -0.2) is 14.8 Å². The van der Waals surface area contributed by atoms with E-state index in [1.54, 1.807) is 0 Å². The molecule has 1 atom stereocenters. The van der Waals surface area contributed by atoms with Crippen LogP contribution in [0, 0.1) is 6.92 Å². The number of urea groups is 1. The van der Waals surface area contributed by atoms with Gasteiger partial charge < -0.3 is 11.1 Å². The molecule has 156 valence electrons. The van der Waals surface area contributed by atoms with Crippen molar-refractivity contribution in [2.75, 3.05) is 17.7 Å². The number of amides is 2. The Labute approximate surface area is 183 Å². The van der Waals surface area contributed by atoms with E-state index in [0.717, 1.165) is 44.6 Å². The first-order chi connectivity index (χ1) is 15.1. The van der Waals surface area contributed by atoms with E-state index < -0.39 is 0 Å². The van der Waals surface area contributed by atoms with Crippen LogP contribution in [0.1, 0.15) is 23.6 Å². The Bertz CT molecular complexity index is 1260. The van der Waals surface area contributed by atoms with Gasteiger partial charge in [-0.2, -0.15) is 5.06 Å². The number of hydrogen-bond acceptors (Lipinski definition) is 6. The maximum absolute atomic E-state index is 13.1. The second-order valence-corrected chi connectivity index (χ2v) is 8.30. The molecule has 3 heterocycles. The number of nitrogens with one attached hydrogen (secondary N) is 1. The molecular formula is C23H21N5O2S. The fraction of sp³-hybridized carbons (Fsp3) is 0.174. The van der Waals surface area contributed by atoms with Gasteiger partial charge in [0.2, 0.25) is 0 Å². The summed E-state index contributed by atoms with van der Waals surface area (Å²) in [5, 5.41) is 6.48. The molecule has 2 aromatic heterocycles. The van der Waals surface area contributed by atoms with E-state index in [1.165, 1.54) is 22.7 Å². The predicted molar refractivity (Wildman–Crippen MR) is 123 cm³/mol. The standard InChI is InChI=1S/C23H21N5O2S/c1-14-7-8-16(17-12-31-21-20(17)25-13-26-22(21)24)11-18(14)27-23(29)28-19(9-10-30-28)15-5-3-2-4-6-15/h2-8,11-13,19H,9-10H2,1H3,(H,27,29)(H2,24,25,26)/t19-/m0/s1. The Morgan fingerprint density at radius 1 is 1.23 bits per heavy atom. The van der Waals surface area contributed by atoms with E-state index in [0.29, 0.717) is 12.4 Å². The first kappa shape index (κ1) is 19.5. The number of nitrogen functional groups attached to an aromatic ring is 1. The van der Waals surface area contributed by atoms with Crippen LogP contribution in [-0.2, 0) is 4.84 Å². The summed E-state index contributed by atoms with van der Waals surface area (Å²) in [5.41, 5.74) is 11.5. The molecule has 2 amide bonds. The van der Waals surface area contributed by atoms with Gasteiger partial charge in [-0.1, -0.05) is 42.5 Å². The highest BCUT2D eigenvalue weighted by Crippen LogP contribution is 2.36. The van der Waals surface area contributed by atoms with Gasteiger partial charge >= 0.3 is 6.03 Å². The molecule has 31 heavy (non-hydrogen) atoms. The molecule has 1 saturated heterocycles. The van der Waals surface area contributed by atoms with Crippen molar-refractivity contribution in [3.05, 3.63) is 71.4 Å². The maximum atomic E-state index is 13.1. The Morgan fingerprint density at radius 3 is 2.90 bits per heavy atom. The SMILES string of the molecule is Cc1ccc(-c2csc3c(N)ncnc23)cc1NC(=O)N1OCC[C@H]1c1ccccc1. The van der Waals surface area contributed by atoms with Gasteiger partial charge in [0.05, 0.1) is 22.9 Å². The number of hydrogen-bond donors (Lipinski definition) is 2. The molecule has 7 nitrogen and oxygen atoms in total. The van der Waals surface area contributed by atoms with Gasteiger partial charge in [-0.05, 0) is 29.7 Å². The second kappa shape index (κ2) is 7.98. The van der Waals surface area contributed by atoms with Gasteiger partial charge in [0.15, 0.2) is 0 Å². The quantitative estimate of drug-likeness (QED) is 0.467. The molecule has 5 rings (SSSR count). The number of carbonyl (C=O) groups excluding carboxylic acids is 1. The molecule has 0 bridgehead atoms. The van der Waals surface area contributed by atoms with Crippen molar-refractivity contribution < 1.29 is 9.63 Å². The average Bonchev–Trinajstić information content (AvgIpc) is 3.44. The molecule has 4 aromatic rings. The van der Waals surface area contributed by atoms with Crippen molar-refractivity contribution >= 4 is 39.1 Å². The van der Waals surface area contributed by atoms with Gasteiger partial charge in [0, 0.05) is 23.1 Å². The smallest absolute Gasteiger partial charge is 0.346 e. The van der Waals surface area contributed by atoms with Crippen LogP contribution in [0.5, 0.6) is 0 Å². The molecule has 2 aromatic carbocycles. The normalized spacial score (nSPS) is 16.0. The average molecular weight is 432 g/mol. The Hall–Kier alpha value is -3.49. The van der Waals surface area contributed by atoms with Crippen LogP contribution in [0.25, 0.3) is 21.3 Å². The first-order valence-electron chi connectivity index (χ1n) is 9.98. The summed E-state index contributed by atoms with van der Waals surface area (Å²) in [6.07, 6.45) is 2.23. The molecule has 0 aliphatic carbocycles. The molecule has 8 heteroatoms. The summed E-state index contributed by atoms with van der Waals surface area (Å²) in [6.45, 7) is 2.47. The van der Waals surface area contributed by atoms with E-state index >= 15 is 0 Å². The monoisotopic (exact) mass is 431 g/mol. The van der Waals surface area contributed by atoms with Crippen molar-refractivity contribution in [2.24, 2.45) is 0 Å². The number of fused-ring (bicyclic) bond motifs is 1. The van der Waals surface area contributed by atoms with Crippen LogP contribution in [0.4, 0.5) is 16.3 Å². The van der Waals surface area contributed by atoms with E-state index in [1.807, 2.05) is 60.8 Å². The Balaban J connectivity index is 1.43. The number of aromatic nitrogens is 2. The summed E-state index contributed by atoms with van der Waals surface area (Å²) in [6, 6.07) is 15.5. The van der Waals surface area contributed by atoms with Crippen LogP contribution in [0.2, 0.25) is 0 Å². The van der Waals surface area contributed by atoms with Crippen molar-refractivity contribution in [1.82, 2.24) is 15.0 Å². The van der Waals surface area contributed by atoms with Crippen LogP contribution < -0.4 is 11.1 Å². The van der Waals surface area contributed by atoms with Crippen LogP contribution in [0.15, 0.2) is 60.2 Å². The molecule has 1 fully saturated rings. The third-order valence-electron chi connectivity index (χ3n) is 5.46. The number of anilines is 2. The lowest BCUT2D eigenvalue weighted by molar-refractivity contribution is -0.0829. The number of hydroxylamine groups is 2. The number of nitrogens with two attached hydrogens (primary N) is 1. The molecular weight excluding hydrogens is 410 g/mol. The fourth-order valence-corrected chi connectivity index (χ4v) is 4.75. The highest BCUT2D eigenvalue weighted by molar-refractivity contribution is 7.18. The van der Waals surface area contributed by atoms with Gasteiger partial charge in [-0.15, -0.1) is 11.3 Å². The number of benzene rings is 2. The topological polar surface area (TPSA) is 93.4 Å². The number of thiophene rings is 1. The summed E-state index contributed by atoms with van der Waals surface area (Å²) in [5.74, 6) is 0.472. The largest absolute Gasteiger partial charge is 0.382 e. The second-order valence-electron chi connectivity index (χ2n) is 7.42. The summed E-state index contributed by atoms with van der Waals surface area (Å²) < 4.78 is 0.861. The van der Waals surface area contributed by atoms with Gasteiger partial charge in [0.1, 0.15) is 12.1 Å². The third-order valence-corrected chi connectivity index (χ3v) is 6.45. The zero-order valence-electron chi connectivity index (χ0n) is 16.9. The lowest BCUT2D eigenvalue weighted by Crippen LogP contribution is -2.33. The lowest BCUT2D eigenvalue weighted by Gasteiger charge is -2.23. The van der Waals surface area contributed by atoms with Crippen LogP contribution in [-0.4, -0.2) is 27.7 Å². The van der Waals surface area contributed by atoms with Gasteiger partial charge in [0.25, 0.3) is 0 Å². The van der Waals surface area contributed by atoms with Gasteiger partial charge in [-0.3, -0.25) is 4.84 Å². The number of carbonyl (C=O) groups is 1. The zero-order valence-corrected chi connectivity index (χ0v) is 17.7. The summed E-state index contributed by atoms with van der Waals surface area (Å²) >= 11 is 1.51. The summed E-state index contributed by atoms with van der Waals surface area (Å²) in [7, 11) is 0. The number of aryl methyl sites for hydroxylation is 1. The van der Waals surface area contributed by atoms with Crippen LogP contribution in [0.3, 0.4) is 0 Å². The van der Waals surface area contributed by atoms with E-state index in [2.05, 4.69) is 15.3 Å². The molecule has 0 spiro atoms. The molecule has 3 N–H and O–H groups in total. The van der Waals surface area contributed by atoms with Crippen molar-refractivity contribution in [3.63, 3.8) is 0 Å². The van der Waals surface area contributed by atoms with E-state index in [-0.39, 0.29) is 12.1 Å². The van der Waals surface area contributed by atoms with Crippen LogP contribution >= 0.6 is 11.3 Å². The molecule has 1 aliphatic heterocycles.